The third-order valence-electron chi connectivity index (χ3n) is 3.38. The predicted molar refractivity (Wildman–Crippen MR) is 67.3 cm³/mol. The van der Waals surface area contributed by atoms with Crippen LogP contribution in [-0.2, 0) is 6.42 Å². The third-order valence-corrected chi connectivity index (χ3v) is 3.67. The first-order chi connectivity index (χ1) is 8.34. The van der Waals surface area contributed by atoms with Crippen LogP contribution in [0.25, 0.3) is 5.65 Å². The maximum absolute atomic E-state index is 6.19. The second-order valence-corrected chi connectivity index (χ2v) is 4.94. The summed E-state index contributed by atoms with van der Waals surface area (Å²) in [6.07, 6.45) is 3.38. The van der Waals surface area contributed by atoms with Crippen molar-refractivity contribution in [3.05, 3.63) is 29.2 Å². The quantitative estimate of drug-likeness (QED) is 0.829. The van der Waals surface area contributed by atoms with Gasteiger partial charge >= 0.3 is 0 Å². The Morgan fingerprint density at radius 3 is 2.94 bits per heavy atom. The zero-order valence-corrected chi connectivity index (χ0v) is 10.3. The van der Waals surface area contributed by atoms with E-state index in [1.54, 1.807) is 0 Å². The highest BCUT2D eigenvalue weighted by molar-refractivity contribution is 6.29. The molecule has 0 amide bonds. The van der Waals surface area contributed by atoms with Gasteiger partial charge in [-0.15, -0.1) is 10.2 Å². The lowest BCUT2D eigenvalue weighted by atomic mass is 9.94. The molecule has 1 aliphatic rings. The highest BCUT2D eigenvalue weighted by Gasteiger charge is 2.17. The Morgan fingerprint density at radius 1 is 1.29 bits per heavy atom. The summed E-state index contributed by atoms with van der Waals surface area (Å²) in [5.74, 6) is 1.68. The molecular weight excluding hydrogens is 236 g/mol. The maximum atomic E-state index is 6.19. The van der Waals surface area contributed by atoms with Crippen LogP contribution in [0, 0.1) is 5.92 Å². The summed E-state index contributed by atoms with van der Waals surface area (Å²) in [5, 5.41) is 12.5. The molecule has 3 rings (SSSR count). The van der Waals surface area contributed by atoms with Gasteiger partial charge in [0, 0.05) is 6.42 Å². The monoisotopic (exact) mass is 250 g/mol. The van der Waals surface area contributed by atoms with Crippen molar-refractivity contribution in [2.75, 3.05) is 13.1 Å². The van der Waals surface area contributed by atoms with Gasteiger partial charge in [-0.2, -0.15) is 0 Å². The minimum absolute atomic E-state index is 0.691. The molecule has 90 valence electrons. The molecule has 2 aromatic rings. The van der Waals surface area contributed by atoms with Crippen molar-refractivity contribution in [1.29, 1.82) is 0 Å². The molecule has 5 heteroatoms. The number of fused-ring (bicyclic) bond motifs is 1. The Morgan fingerprint density at radius 2 is 2.12 bits per heavy atom. The molecule has 4 nitrogen and oxygen atoms in total. The summed E-state index contributed by atoms with van der Waals surface area (Å²) >= 11 is 6.19. The van der Waals surface area contributed by atoms with Crippen molar-refractivity contribution in [2.45, 2.75) is 19.3 Å². The van der Waals surface area contributed by atoms with Crippen molar-refractivity contribution >= 4 is 17.2 Å². The summed E-state index contributed by atoms with van der Waals surface area (Å²) in [4.78, 5) is 0. The fourth-order valence-electron chi connectivity index (χ4n) is 2.44. The molecule has 0 saturated carbocycles. The van der Waals surface area contributed by atoms with E-state index in [-0.39, 0.29) is 0 Å². The number of nitrogens with one attached hydrogen (secondary N) is 1. The Bertz CT molecular complexity index is 516. The number of rotatable bonds is 2. The van der Waals surface area contributed by atoms with Crippen molar-refractivity contribution < 1.29 is 0 Å². The molecule has 0 atom stereocenters. The van der Waals surface area contributed by atoms with E-state index >= 15 is 0 Å². The third kappa shape index (κ3) is 2.15. The fourth-order valence-corrected chi connectivity index (χ4v) is 2.69. The number of hydrogen-bond acceptors (Lipinski definition) is 3. The first-order valence-corrected chi connectivity index (χ1v) is 6.41. The van der Waals surface area contributed by atoms with E-state index in [1.165, 1.54) is 12.8 Å². The lowest BCUT2D eigenvalue weighted by molar-refractivity contribution is 0.366. The first-order valence-electron chi connectivity index (χ1n) is 6.04. The van der Waals surface area contributed by atoms with Gasteiger partial charge in [0.15, 0.2) is 5.65 Å². The number of hydrogen-bond donors (Lipinski definition) is 1. The molecule has 2 aromatic heterocycles. The van der Waals surface area contributed by atoms with Crippen molar-refractivity contribution in [3.63, 3.8) is 0 Å². The van der Waals surface area contributed by atoms with Crippen LogP contribution in [0.4, 0.5) is 0 Å². The van der Waals surface area contributed by atoms with E-state index in [4.69, 9.17) is 11.6 Å². The Kier molecular flexibility index (Phi) is 2.99. The first kappa shape index (κ1) is 11.0. The second-order valence-electron chi connectivity index (χ2n) is 4.56. The topological polar surface area (TPSA) is 42.2 Å². The van der Waals surface area contributed by atoms with Crippen LogP contribution in [-0.4, -0.2) is 27.7 Å². The number of pyridine rings is 1. The van der Waals surface area contributed by atoms with Crippen LogP contribution in [0.15, 0.2) is 18.2 Å². The normalized spacial score (nSPS) is 17.7. The molecule has 3 heterocycles. The average Bonchev–Trinajstić information content (AvgIpc) is 2.75. The molecule has 1 fully saturated rings. The molecule has 1 saturated heterocycles. The van der Waals surface area contributed by atoms with Gasteiger partial charge in [-0.05, 0) is 44.0 Å². The van der Waals surface area contributed by atoms with Crippen LogP contribution >= 0.6 is 11.6 Å². The molecule has 0 aliphatic carbocycles. The molecular formula is C12H15ClN4. The standard InChI is InChI=1S/C12H15ClN4/c13-10-2-1-3-11-15-16-12(17(10)11)8-9-4-6-14-7-5-9/h1-3,9,14H,4-8H2. The van der Waals surface area contributed by atoms with E-state index in [2.05, 4.69) is 15.5 Å². The Labute approximate surface area is 105 Å². The van der Waals surface area contributed by atoms with Gasteiger partial charge in [-0.25, -0.2) is 0 Å². The smallest absolute Gasteiger partial charge is 0.161 e. The average molecular weight is 251 g/mol. The van der Waals surface area contributed by atoms with Crippen molar-refractivity contribution in [2.24, 2.45) is 5.92 Å². The fraction of sp³-hybridized carbons (Fsp3) is 0.500. The van der Waals surface area contributed by atoms with E-state index < -0.39 is 0 Å². The number of piperidine rings is 1. The predicted octanol–water partition coefficient (Wildman–Crippen LogP) is 1.92. The summed E-state index contributed by atoms with van der Waals surface area (Å²) in [6, 6.07) is 5.72. The molecule has 0 spiro atoms. The molecule has 17 heavy (non-hydrogen) atoms. The van der Waals surface area contributed by atoms with E-state index in [9.17, 15) is 0 Å². The Hall–Kier alpha value is -1.13. The highest BCUT2D eigenvalue weighted by atomic mass is 35.5. The molecule has 1 aliphatic heterocycles. The van der Waals surface area contributed by atoms with Crippen LogP contribution in [0.3, 0.4) is 0 Å². The summed E-state index contributed by atoms with van der Waals surface area (Å²) in [5.41, 5.74) is 0.835. The van der Waals surface area contributed by atoms with E-state index in [0.29, 0.717) is 11.1 Å². The zero-order chi connectivity index (χ0) is 11.7. The van der Waals surface area contributed by atoms with Gasteiger partial charge in [-0.3, -0.25) is 4.40 Å². The minimum Gasteiger partial charge on any atom is -0.317 e. The number of aromatic nitrogens is 3. The maximum Gasteiger partial charge on any atom is 0.161 e. The molecule has 0 radical (unpaired) electrons. The van der Waals surface area contributed by atoms with Crippen molar-refractivity contribution in [1.82, 2.24) is 19.9 Å². The molecule has 0 bridgehead atoms. The number of nitrogens with zero attached hydrogens (tertiary/aromatic N) is 3. The van der Waals surface area contributed by atoms with Gasteiger partial charge in [0.25, 0.3) is 0 Å². The summed E-state index contributed by atoms with van der Waals surface area (Å²) in [7, 11) is 0. The largest absolute Gasteiger partial charge is 0.317 e. The molecule has 1 N–H and O–H groups in total. The SMILES string of the molecule is Clc1cccc2nnc(CC3CCNCC3)n12. The van der Waals surface area contributed by atoms with Crippen LogP contribution < -0.4 is 5.32 Å². The van der Waals surface area contributed by atoms with Gasteiger partial charge in [0.2, 0.25) is 0 Å². The van der Waals surface area contributed by atoms with Crippen LogP contribution in [0.5, 0.6) is 0 Å². The van der Waals surface area contributed by atoms with Gasteiger partial charge in [-0.1, -0.05) is 17.7 Å². The van der Waals surface area contributed by atoms with E-state index in [0.717, 1.165) is 31.0 Å². The van der Waals surface area contributed by atoms with Gasteiger partial charge in [0.05, 0.1) is 0 Å². The Balaban J connectivity index is 1.89. The summed E-state index contributed by atoms with van der Waals surface area (Å²) in [6.45, 7) is 2.21. The van der Waals surface area contributed by atoms with E-state index in [1.807, 2.05) is 22.6 Å². The highest BCUT2D eigenvalue weighted by Crippen LogP contribution is 2.20. The second kappa shape index (κ2) is 4.63. The van der Waals surface area contributed by atoms with Crippen LogP contribution in [0.2, 0.25) is 5.15 Å². The number of halogens is 1. The minimum atomic E-state index is 0.691. The summed E-state index contributed by atoms with van der Waals surface area (Å²) < 4.78 is 1.95. The van der Waals surface area contributed by atoms with Gasteiger partial charge in [0.1, 0.15) is 11.0 Å². The van der Waals surface area contributed by atoms with Crippen LogP contribution in [0.1, 0.15) is 18.7 Å². The zero-order valence-electron chi connectivity index (χ0n) is 9.56. The lowest BCUT2D eigenvalue weighted by Gasteiger charge is -2.21. The molecule has 0 unspecified atom stereocenters. The molecule has 0 aromatic carbocycles. The lowest BCUT2D eigenvalue weighted by Crippen LogP contribution is -2.29. The van der Waals surface area contributed by atoms with Crippen molar-refractivity contribution in [3.8, 4) is 0 Å². The van der Waals surface area contributed by atoms with Gasteiger partial charge < -0.3 is 5.32 Å².